The largest absolute Gasteiger partial charge is 0.491 e. The van der Waals surface area contributed by atoms with Gasteiger partial charge in [-0.15, -0.1) is 0 Å². The van der Waals surface area contributed by atoms with Crippen molar-refractivity contribution >= 4 is 10.9 Å². The fourth-order valence-corrected chi connectivity index (χ4v) is 3.16. The van der Waals surface area contributed by atoms with Gasteiger partial charge < -0.3 is 14.9 Å². The van der Waals surface area contributed by atoms with E-state index in [2.05, 4.69) is 12.1 Å². The fraction of sp³-hybridized carbons (Fsp3) is 0.286. The van der Waals surface area contributed by atoms with Gasteiger partial charge in [-0.2, -0.15) is 0 Å². The zero-order chi connectivity index (χ0) is 17.2. The van der Waals surface area contributed by atoms with Gasteiger partial charge in [0.15, 0.2) is 0 Å². The standard InChI is InChI=1S/C21H21NO3/c23-9-10-25-17-6-4-16(5-7-17)20-12-19(15-2-3-15)18-8-1-14(13-24)11-21(18)22-20/h1,4-8,11-12,15,23-24H,2-3,9-10,13H2. The molecule has 1 aliphatic rings. The van der Waals surface area contributed by atoms with E-state index in [0.29, 0.717) is 12.5 Å². The molecule has 0 atom stereocenters. The van der Waals surface area contributed by atoms with Gasteiger partial charge in [0.05, 0.1) is 24.4 Å². The number of aliphatic hydroxyl groups is 2. The van der Waals surface area contributed by atoms with Crippen molar-refractivity contribution in [2.24, 2.45) is 0 Å². The first-order valence-corrected chi connectivity index (χ1v) is 8.67. The fourth-order valence-electron chi connectivity index (χ4n) is 3.16. The molecule has 1 fully saturated rings. The summed E-state index contributed by atoms with van der Waals surface area (Å²) in [6.07, 6.45) is 2.46. The van der Waals surface area contributed by atoms with Crippen LogP contribution in [0.1, 0.15) is 29.9 Å². The van der Waals surface area contributed by atoms with Crippen molar-refractivity contribution in [1.29, 1.82) is 0 Å². The Morgan fingerprint density at radius 1 is 1.00 bits per heavy atom. The Balaban J connectivity index is 1.75. The molecule has 2 N–H and O–H groups in total. The molecular formula is C21H21NO3. The third-order valence-electron chi connectivity index (χ3n) is 4.62. The highest BCUT2D eigenvalue weighted by Gasteiger charge is 2.26. The van der Waals surface area contributed by atoms with Gasteiger partial charge in [0.1, 0.15) is 12.4 Å². The van der Waals surface area contributed by atoms with Crippen LogP contribution in [0.3, 0.4) is 0 Å². The predicted molar refractivity (Wildman–Crippen MR) is 97.7 cm³/mol. The molecular weight excluding hydrogens is 314 g/mol. The number of aromatic nitrogens is 1. The van der Waals surface area contributed by atoms with Gasteiger partial charge in [0.2, 0.25) is 0 Å². The maximum atomic E-state index is 9.42. The Hall–Kier alpha value is -2.43. The van der Waals surface area contributed by atoms with Crippen LogP contribution in [0.5, 0.6) is 5.75 Å². The van der Waals surface area contributed by atoms with Crippen LogP contribution in [-0.4, -0.2) is 28.4 Å². The van der Waals surface area contributed by atoms with Crippen LogP contribution in [0.25, 0.3) is 22.2 Å². The van der Waals surface area contributed by atoms with Crippen molar-refractivity contribution in [3.05, 3.63) is 59.7 Å². The normalized spacial score (nSPS) is 14.0. The molecule has 0 unspecified atom stereocenters. The van der Waals surface area contributed by atoms with Gasteiger partial charge in [0, 0.05) is 10.9 Å². The minimum Gasteiger partial charge on any atom is -0.491 e. The summed E-state index contributed by atoms with van der Waals surface area (Å²) in [5.74, 6) is 1.36. The van der Waals surface area contributed by atoms with E-state index in [1.807, 2.05) is 36.4 Å². The minimum absolute atomic E-state index is 0.00587. The van der Waals surface area contributed by atoms with Crippen LogP contribution in [0.4, 0.5) is 0 Å². The molecule has 0 bridgehead atoms. The summed E-state index contributed by atoms with van der Waals surface area (Å²) in [7, 11) is 0. The number of ether oxygens (including phenoxy) is 1. The molecule has 25 heavy (non-hydrogen) atoms. The van der Waals surface area contributed by atoms with Gasteiger partial charge in [-0.05, 0) is 66.3 Å². The first-order valence-electron chi connectivity index (χ1n) is 8.67. The predicted octanol–water partition coefficient (Wildman–Crippen LogP) is 3.64. The highest BCUT2D eigenvalue weighted by Crippen LogP contribution is 2.44. The number of hydrogen-bond acceptors (Lipinski definition) is 4. The molecule has 0 radical (unpaired) electrons. The second kappa shape index (κ2) is 6.82. The third-order valence-corrected chi connectivity index (χ3v) is 4.62. The number of rotatable bonds is 6. The monoisotopic (exact) mass is 335 g/mol. The van der Waals surface area contributed by atoms with Crippen molar-refractivity contribution in [1.82, 2.24) is 4.98 Å². The van der Waals surface area contributed by atoms with E-state index < -0.39 is 0 Å². The van der Waals surface area contributed by atoms with E-state index in [1.165, 1.54) is 23.8 Å². The van der Waals surface area contributed by atoms with E-state index in [9.17, 15) is 5.11 Å². The number of benzene rings is 2. The van der Waals surface area contributed by atoms with Crippen molar-refractivity contribution in [2.75, 3.05) is 13.2 Å². The summed E-state index contributed by atoms with van der Waals surface area (Å²) in [4.78, 5) is 4.82. The molecule has 0 aliphatic heterocycles. The van der Waals surface area contributed by atoms with Gasteiger partial charge in [-0.25, -0.2) is 4.98 Å². The average molecular weight is 335 g/mol. The van der Waals surface area contributed by atoms with Gasteiger partial charge in [-0.3, -0.25) is 0 Å². The molecule has 0 spiro atoms. The van der Waals surface area contributed by atoms with Crippen LogP contribution < -0.4 is 4.74 Å². The smallest absolute Gasteiger partial charge is 0.119 e. The molecule has 1 heterocycles. The molecule has 3 aromatic rings. The maximum absolute atomic E-state index is 9.42. The molecule has 0 amide bonds. The van der Waals surface area contributed by atoms with E-state index in [0.717, 1.165) is 28.1 Å². The number of aliphatic hydroxyl groups excluding tert-OH is 2. The number of fused-ring (bicyclic) bond motifs is 1. The molecule has 4 rings (SSSR count). The molecule has 1 aliphatic carbocycles. The van der Waals surface area contributed by atoms with Gasteiger partial charge >= 0.3 is 0 Å². The lowest BCUT2D eigenvalue weighted by atomic mass is 10.00. The van der Waals surface area contributed by atoms with Crippen LogP contribution in [0, 0.1) is 0 Å². The summed E-state index contributed by atoms with van der Waals surface area (Å²) in [6, 6.07) is 16.0. The lowest BCUT2D eigenvalue weighted by molar-refractivity contribution is 0.201. The van der Waals surface area contributed by atoms with Crippen LogP contribution >= 0.6 is 0 Å². The average Bonchev–Trinajstić information content (AvgIpc) is 3.50. The Morgan fingerprint density at radius 2 is 1.80 bits per heavy atom. The lowest BCUT2D eigenvalue weighted by Gasteiger charge is -2.11. The molecule has 4 heteroatoms. The number of pyridine rings is 1. The Labute approximate surface area is 146 Å². The highest BCUT2D eigenvalue weighted by atomic mass is 16.5. The Morgan fingerprint density at radius 3 is 2.48 bits per heavy atom. The van der Waals surface area contributed by atoms with Crippen LogP contribution in [0.15, 0.2) is 48.5 Å². The first-order chi connectivity index (χ1) is 12.3. The topological polar surface area (TPSA) is 62.6 Å². The van der Waals surface area contributed by atoms with Crippen molar-refractivity contribution < 1.29 is 14.9 Å². The molecule has 1 aromatic heterocycles. The first kappa shape index (κ1) is 16.1. The number of nitrogens with zero attached hydrogens (tertiary/aromatic N) is 1. The van der Waals surface area contributed by atoms with Crippen molar-refractivity contribution in [2.45, 2.75) is 25.4 Å². The van der Waals surface area contributed by atoms with E-state index in [1.54, 1.807) is 0 Å². The summed E-state index contributed by atoms with van der Waals surface area (Å²) >= 11 is 0. The Bertz CT molecular complexity index is 886. The van der Waals surface area contributed by atoms with E-state index >= 15 is 0 Å². The van der Waals surface area contributed by atoms with Crippen molar-refractivity contribution in [3.63, 3.8) is 0 Å². The maximum Gasteiger partial charge on any atom is 0.119 e. The molecule has 128 valence electrons. The molecule has 2 aromatic carbocycles. The van der Waals surface area contributed by atoms with E-state index in [4.69, 9.17) is 14.8 Å². The second-order valence-corrected chi connectivity index (χ2v) is 6.48. The second-order valence-electron chi connectivity index (χ2n) is 6.48. The van der Waals surface area contributed by atoms with Crippen molar-refractivity contribution in [3.8, 4) is 17.0 Å². The van der Waals surface area contributed by atoms with E-state index in [-0.39, 0.29) is 13.2 Å². The zero-order valence-corrected chi connectivity index (χ0v) is 14.0. The number of hydrogen-bond donors (Lipinski definition) is 2. The lowest BCUT2D eigenvalue weighted by Crippen LogP contribution is -2.01. The van der Waals surface area contributed by atoms with Gasteiger partial charge in [0.25, 0.3) is 0 Å². The summed E-state index contributed by atoms with van der Waals surface area (Å²) in [5.41, 5.74) is 5.15. The van der Waals surface area contributed by atoms with Crippen LogP contribution in [-0.2, 0) is 6.61 Å². The van der Waals surface area contributed by atoms with Gasteiger partial charge in [-0.1, -0.05) is 12.1 Å². The summed E-state index contributed by atoms with van der Waals surface area (Å²) in [6.45, 7) is 0.326. The summed E-state index contributed by atoms with van der Waals surface area (Å²) in [5, 5.41) is 19.4. The zero-order valence-electron chi connectivity index (χ0n) is 14.0. The molecule has 0 saturated heterocycles. The minimum atomic E-state index is 0.00587. The molecule has 4 nitrogen and oxygen atoms in total. The highest BCUT2D eigenvalue weighted by molar-refractivity contribution is 5.86. The third kappa shape index (κ3) is 3.36. The van der Waals surface area contributed by atoms with Crippen LogP contribution in [0.2, 0.25) is 0 Å². The summed E-state index contributed by atoms with van der Waals surface area (Å²) < 4.78 is 5.42. The molecule has 1 saturated carbocycles. The quantitative estimate of drug-likeness (QED) is 0.722. The SMILES string of the molecule is OCCOc1ccc(-c2cc(C3CC3)c3ccc(CO)cc3n2)cc1. The Kier molecular flexibility index (Phi) is 4.38.